The van der Waals surface area contributed by atoms with Crippen LogP contribution in [0.2, 0.25) is 0 Å². The predicted molar refractivity (Wildman–Crippen MR) is 37.1 cm³/mol. The van der Waals surface area contributed by atoms with Gasteiger partial charge in [-0.05, 0) is 0 Å². The summed E-state index contributed by atoms with van der Waals surface area (Å²) in [6, 6.07) is 0. The Labute approximate surface area is 153 Å². The molecule has 0 aromatic rings. The Morgan fingerprint density at radius 3 is 1.18 bits per heavy atom. The first kappa shape index (κ1) is 30.8. The molecule has 0 aliphatic rings. The van der Waals surface area contributed by atoms with Crippen molar-refractivity contribution in [1.29, 1.82) is 0 Å². The van der Waals surface area contributed by atoms with Gasteiger partial charge in [-0.3, -0.25) is 9.59 Å². The molecule has 11 heteroatoms. The summed E-state index contributed by atoms with van der Waals surface area (Å²) in [5.74, 6) is -5.02. The van der Waals surface area contributed by atoms with Crippen LogP contribution in [-0.2, 0) is 14.4 Å². The Morgan fingerprint density at radius 2 is 1.06 bits per heavy atom. The van der Waals surface area contributed by atoms with Gasteiger partial charge in [-0.2, -0.15) is 0 Å². The minimum Gasteiger partial charge on any atom is -1.00 e. The van der Waals surface area contributed by atoms with Crippen LogP contribution in [-0.4, -0.2) is 43.9 Å². The van der Waals surface area contributed by atoms with E-state index in [0.717, 1.165) is 0 Å². The van der Waals surface area contributed by atoms with Crippen LogP contribution >= 0.6 is 0 Å². The molecule has 0 radical (unpaired) electrons. The van der Waals surface area contributed by atoms with Gasteiger partial charge in [0.25, 0.3) is 0 Å². The monoisotopic (exact) mass is 308 g/mol. The van der Waals surface area contributed by atoms with Crippen molar-refractivity contribution >= 4 is 17.9 Å². The largest absolute Gasteiger partial charge is 1.00 e. The Hall–Kier alpha value is 0.950. The number of hydrogen-bond acceptors (Lipinski definition) is 4. The third kappa shape index (κ3) is 13.2. The third-order valence-electron chi connectivity index (χ3n) is 1.29. The van der Waals surface area contributed by atoms with Gasteiger partial charge in [-0.1, -0.05) is 0 Å². The molecule has 0 spiro atoms. The first-order valence-electron chi connectivity index (χ1n) is 3.17. The van der Waals surface area contributed by atoms with Crippen LogP contribution in [0.15, 0.2) is 0 Å². The summed E-state index contributed by atoms with van der Waals surface area (Å²) >= 11 is 0. The molecule has 0 saturated heterocycles. The molecule has 0 atom stereocenters. The molecule has 0 rings (SSSR count). The van der Waals surface area contributed by atoms with Crippen molar-refractivity contribution in [2.75, 3.05) is 0 Å². The fourth-order valence-corrected chi connectivity index (χ4v) is 0.714. The second-order valence-corrected chi connectivity index (χ2v) is 2.48. The molecular formula is C6H8Cl2Na2O7. The molecule has 4 N–H and O–H groups in total. The maximum absolute atomic E-state index is 10.3. The SMILES string of the molecule is O=C(O)CC(O)(CC(=O)O)C(=O)O.[Cl-].[Cl-].[Na+].[Na+]. The van der Waals surface area contributed by atoms with Crippen molar-refractivity contribution in [2.45, 2.75) is 18.4 Å². The van der Waals surface area contributed by atoms with E-state index in [1.165, 1.54) is 0 Å². The molecule has 90 valence electrons. The molecule has 0 aromatic heterocycles. The van der Waals surface area contributed by atoms with Gasteiger partial charge in [0.2, 0.25) is 0 Å². The minimum atomic E-state index is -2.74. The van der Waals surface area contributed by atoms with Crippen molar-refractivity contribution in [3.05, 3.63) is 0 Å². The normalized spacial score (nSPS) is 8.29. The van der Waals surface area contributed by atoms with Gasteiger partial charge < -0.3 is 45.2 Å². The molecule has 0 aliphatic heterocycles. The van der Waals surface area contributed by atoms with Gasteiger partial charge in [-0.25, -0.2) is 4.79 Å². The zero-order valence-corrected chi connectivity index (χ0v) is 14.7. The van der Waals surface area contributed by atoms with Crippen molar-refractivity contribution in [1.82, 2.24) is 0 Å². The van der Waals surface area contributed by atoms with Crippen LogP contribution in [0.5, 0.6) is 0 Å². The van der Waals surface area contributed by atoms with Crippen LogP contribution in [0.3, 0.4) is 0 Å². The van der Waals surface area contributed by atoms with E-state index < -0.39 is 36.4 Å². The van der Waals surface area contributed by atoms with E-state index in [2.05, 4.69) is 0 Å². The molecule has 0 heterocycles. The maximum Gasteiger partial charge on any atom is 1.00 e. The molecule has 0 aromatic carbocycles. The van der Waals surface area contributed by atoms with E-state index in [0.29, 0.717) is 0 Å². The van der Waals surface area contributed by atoms with E-state index in [1.54, 1.807) is 0 Å². The van der Waals surface area contributed by atoms with Gasteiger partial charge in [0, 0.05) is 0 Å². The fourth-order valence-electron chi connectivity index (χ4n) is 0.714. The zero-order valence-electron chi connectivity index (χ0n) is 9.18. The topological polar surface area (TPSA) is 132 Å². The van der Waals surface area contributed by atoms with Gasteiger partial charge in [0.15, 0.2) is 5.60 Å². The number of carbonyl (C=O) groups is 3. The number of carboxylic acid groups (broad SMARTS) is 3. The molecule has 0 unspecified atom stereocenters. The second-order valence-electron chi connectivity index (χ2n) is 2.48. The van der Waals surface area contributed by atoms with Crippen LogP contribution in [0.4, 0.5) is 0 Å². The average molecular weight is 309 g/mol. The molecule has 0 saturated carbocycles. The van der Waals surface area contributed by atoms with Crippen LogP contribution in [0.1, 0.15) is 12.8 Å². The minimum absolute atomic E-state index is 0. The van der Waals surface area contributed by atoms with Gasteiger partial charge in [0.1, 0.15) is 0 Å². The summed E-state index contributed by atoms with van der Waals surface area (Å²) in [7, 11) is 0. The number of hydrogen-bond donors (Lipinski definition) is 4. The van der Waals surface area contributed by atoms with E-state index in [9.17, 15) is 14.4 Å². The molecule has 17 heavy (non-hydrogen) atoms. The quantitative estimate of drug-likeness (QED) is 0.371. The van der Waals surface area contributed by atoms with E-state index in [1.807, 2.05) is 0 Å². The number of halogens is 2. The van der Waals surface area contributed by atoms with Gasteiger partial charge >= 0.3 is 77.0 Å². The Balaban J connectivity index is -0.000000120. The molecule has 0 aliphatic carbocycles. The number of aliphatic hydroxyl groups is 1. The summed E-state index contributed by atoms with van der Waals surface area (Å²) in [4.78, 5) is 30.5. The molecule has 0 bridgehead atoms. The summed E-state index contributed by atoms with van der Waals surface area (Å²) in [6.07, 6.45) is -2.29. The van der Waals surface area contributed by atoms with E-state index >= 15 is 0 Å². The number of rotatable bonds is 5. The summed E-state index contributed by atoms with van der Waals surface area (Å²) < 4.78 is 0. The van der Waals surface area contributed by atoms with Crippen LogP contribution < -0.4 is 83.9 Å². The molecule has 7 nitrogen and oxygen atoms in total. The van der Waals surface area contributed by atoms with Crippen LogP contribution in [0, 0.1) is 0 Å². The third-order valence-corrected chi connectivity index (χ3v) is 1.29. The van der Waals surface area contributed by atoms with E-state index in [-0.39, 0.29) is 83.9 Å². The van der Waals surface area contributed by atoms with E-state index in [4.69, 9.17) is 20.4 Å². The number of carboxylic acids is 3. The molecular weight excluding hydrogens is 301 g/mol. The second kappa shape index (κ2) is 13.4. The van der Waals surface area contributed by atoms with Crippen molar-refractivity contribution in [2.24, 2.45) is 0 Å². The maximum atomic E-state index is 10.3. The van der Waals surface area contributed by atoms with Gasteiger partial charge in [0.05, 0.1) is 12.8 Å². The first-order valence-corrected chi connectivity index (χ1v) is 3.17. The zero-order chi connectivity index (χ0) is 10.6. The molecule has 0 amide bonds. The summed E-state index contributed by atoms with van der Waals surface area (Å²) in [5.41, 5.74) is -2.74. The smallest absolute Gasteiger partial charge is 1.00 e. The summed E-state index contributed by atoms with van der Waals surface area (Å²) in [5, 5.41) is 33.8. The number of aliphatic carboxylic acids is 3. The Morgan fingerprint density at radius 1 is 0.824 bits per heavy atom. The van der Waals surface area contributed by atoms with Crippen molar-refractivity contribution < 1.29 is 119 Å². The first-order chi connectivity index (χ1) is 5.78. The van der Waals surface area contributed by atoms with Crippen molar-refractivity contribution in [3.8, 4) is 0 Å². The molecule has 0 fully saturated rings. The Bertz CT molecular complexity index is 245. The standard InChI is InChI=1S/C6H8O7.2ClH.2Na/c7-3(8)1-6(13,5(11)12)2-4(9)10;;;;/h13H,1-2H2,(H,7,8)(H,9,10)(H,11,12);2*1H;;/q;;;2*+1/p-2. The van der Waals surface area contributed by atoms with Crippen LogP contribution in [0.25, 0.3) is 0 Å². The fraction of sp³-hybridized carbons (Fsp3) is 0.500. The Kier molecular flexibility index (Phi) is 24.2. The van der Waals surface area contributed by atoms with Gasteiger partial charge in [-0.15, -0.1) is 0 Å². The predicted octanol–water partition coefficient (Wildman–Crippen LogP) is -13.2. The average Bonchev–Trinajstić information content (AvgIpc) is 1.82. The van der Waals surface area contributed by atoms with Crippen molar-refractivity contribution in [3.63, 3.8) is 0 Å². The summed E-state index contributed by atoms with van der Waals surface area (Å²) in [6.45, 7) is 0.